The summed E-state index contributed by atoms with van der Waals surface area (Å²) in [4.78, 5) is 18.4. The minimum Gasteiger partial charge on any atom is -0.468 e. The quantitative estimate of drug-likeness (QED) is 0.743. The standard InChI is InChI=1S/C12H21N3O4S/c1-12(2,3)7-20(17,18)15-10(11(16)19-4)5-9-6-13-8-14-9/h6,8,10,15H,5,7H2,1-4H3,(H,13,14)/t10-/m0/s1. The molecule has 1 heterocycles. The molecule has 1 rings (SSSR count). The fourth-order valence-electron chi connectivity index (χ4n) is 1.76. The summed E-state index contributed by atoms with van der Waals surface area (Å²) in [6, 6.07) is -0.965. The molecule has 0 fully saturated rings. The third-order valence-corrected chi connectivity index (χ3v) is 4.30. The smallest absolute Gasteiger partial charge is 0.324 e. The van der Waals surface area contributed by atoms with Crippen LogP contribution in [0, 0.1) is 5.41 Å². The zero-order valence-corrected chi connectivity index (χ0v) is 13.0. The lowest BCUT2D eigenvalue weighted by atomic mass is 10.0. The van der Waals surface area contributed by atoms with Crippen LogP contribution in [0.15, 0.2) is 12.5 Å². The average molecular weight is 303 g/mol. The second-order valence-electron chi connectivity index (χ2n) is 5.79. The van der Waals surface area contributed by atoms with Crippen LogP contribution in [-0.4, -0.2) is 43.3 Å². The molecule has 20 heavy (non-hydrogen) atoms. The number of ether oxygens (including phenoxy) is 1. The van der Waals surface area contributed by atoms with Gasteiger partial charge < -0.3 is 9.72 Å². The maximum absolute atomic E-state index is 12.1. The van der Waals surface area contributed by atoms with Gasteiger partial charge in [-0.1, -0.05) is 20.8 Å². The van der Waals surface area contributed by atoms with Crippen LogP contribution in [0.2, 0.25) is 0 Å². The van der Waals surface area contributed by atoms with Gasteiger partial charge in [0, 0.05) is 18.3 Å². The monoisotopic (exact) mass is 303 g/mol. The van der Waals surface area contributed by atoms with Gasteiger partial charge in [0.05, 0.1) is 19.2 Å². The summed E-state index contributed by atoms with van der Waals surface area (Å²) in [7, 11) is -2.36. The van der Waals surface area contributed by atoms with E-state index in [2.05, 4.69) is 19.4 Å². The predicted octanol–water partition coefficient (Wildman–Crippen LogP) is 0.459. The summed E-state index contributed by atoms with van der Waals surface area (Å²) in [6.45, 7) is 5.44. The SMILES string of the molecule is COC(=O)[C@H](Cc1cnc[nH]1)NS(=O)(=O)CC(C)(C)C. The number of imidazole rings is 1. The number of sulfonamides is 1. The number of aromatic amines is 1. The first kappa shape index (κ1) is 16.6. The Labute approximate surface area is 119 Å². The van der Waals surface area contributed by atoms with Crippen molar-refractivity contribution in [1.82, 2.24) is 14.7 Å². The maximum atomic E-state index is 12.1. The van der Waals surface area contributed by atoms with Gasteiger partial charge in [-0.25, -0.2) is 18.1 Å². The molecule has 114 valence electrons. The molecule has 0 spiro atoms. The normalized spacial score (nSPS) is 14.0. The molecular formula is C12H21N3O4S. The van der Waals surface area contributed by atoms with Crippen molar-refractivity contribution in [2.45, 2.75) is 33.2 Å². The lowest BCUT2D eigenvalue weighted by Gasteiger charge is -2.21. The van der Waals surface area contributed by atoms with E-state index in [-0.39, 0.29) is 12.2 Å². The molecule has 1 aromatic heterocycles. The fraction of sp³-hybridized carbons (Fsp3) is 0.667. The van der Waals surface area contributed by atoms with Gasteiger partial charge in [0.2, 0.25) is 10.0 Å². The van der Waals surface area contributed by atoms with Crippen LogP contribution in [0.4, 0.5) is 0 Å². The molecular weight excluding hydrogens is 282 g/mol. The summed E-state index contributed by atoms with van der Waals surface area (Å²) in [5, 5.41) is 0. The topological polar surface area (TPSA) is 101 Å². The second-order valence-corrected chi connectivity index (χ2v) is 7.55. The Kier molecular flexibility index (Phi) is 5.29. The van der Waals surface area contributed by atoms with Gasteiger partial charge in [-0.15, -0.1) is 0 Å². The maximum Gasteiger partial charge on any atom is 0.324 e. The lowest BCUT2D eigenvalue weighted by Crippen LogP contribution is -2.45. The van der Waals surface area contributed by atoms with E-state index in [1.54, 1.807) is 0 Å². The molecule has 0 amide bonds. The van der Waals surface area contributed by atoms with Gasteiger partial charge in [-0.2, -0.15) is 0 Å². The Balaban J connectivity index is 2.82. The average Bonchev–Trinajstić information content (AvgIpc) is 2.76. The first-order valence-corrected chi connectivity index (χ1v) is 7.83. The molecule has 0 aromatic carbocycles. The molecule has 7 nitrogen and oxygen atoms in total. The number of carbonyl (C=O) groups is 1. The number of nitrogens with zero attached hydrogens (tertiary/aromatic N) is 1. The molecule has 1 aromatic rings. The predicted molar refractivity (Wildman–Crippen MR) is 74.5 cm³/mol. The number of esters is 1. The van der Waals surface area contributed by atoms with Crippen LogP contribution >= 0.6 is 0 Å². The number of hydrogen-bond donors (Lipinski definition) is 2. The Morgan fingerprint density at radius 1 is 1.50 bits per heavy atom. The van der Waals surface area contributed by atoms with Crippen molar-refractivity contribution in [2.24, 2.45) is 5.41 Å². The molecule has 0 unspecified atom stereocenters. The minimum absolute atomic E-state index is 0.0729. The number of H-pyrrole nitrogens is 1. The van der Waals surface area contributed by atoms with Crippen molar-refractivity contribution < 1.29 is 17.9 Å². The van der Waals surface area contributed by atoms with Gasteiger partial charge in [0.15, 0.2) is 0 Å². The third-order valence-electron chi connectivity index (χ3n) is 2.41. The van der Waals surface area contributed by atoms with E-state index in [0.717, 1.165) is 0 Å². The van der Waals surface area contributed by atoms with Crippen LogP contribution in [-0.2, 0) is 26.0 Å². The van der Waals surface area contributed by atoms with E-state index < -0.39 is 27.4 Å². The van der Waals surface area contributed by atoms with Crippen LogP contribution < -0.4 is 4.72 Å². The van der Waals surface area contributed by atoms with Gasteiger partial charge >= 0.3 is 5.97 Å². The van der Waals surface area contributed by atoms with Crippen molar-refractivity contribution in [3.63, 3.8) is 0 Å². The number of carbonyl (C=O) groups excluding carboxylic acids is 1. The van der Waals surface area contributed by atoms with Crippen LogP contribution in [0.5, 0.6) is 0 Å². The molecule has 0 aliphatic heterocycles. The summed E-state index contributed by atoms with van der Waals surface area (Å²) in [5.41, 5.74) is 0.249. The van der Waals surface area contributed by atoms with Gasteiger partial charge in [-0.3, -0.25) is 4.79 Å². The van der Waals surface area contributed by atoms with Crippen molar-refractivity contribution >= 4 is 16.0 Å². The highest BCUT2D eigenvalue weighted by atomic mass is 32.2. The molecule has 0 saturated heterocycles. The lowest BCUT2D eigenvalue weighted by molar-refractivity contribution is -0.142. The molecule has 1 atom stereocenters. The Morgan fingerprint density at radius 3 is 2.60 bits per heavy atom. The summed E-state index contributed by atoms with van der Waals surface area (Å²) in [5.74, 6) is -0.701. The molecule has 0 radical (unpaired) electrons. The van der Waals surface area contributed by atoms with E-state index >= 15 is 0 Å². The van der Waals surface area contributed by atoms with Crippen molar-refractivity contribution in [2.75, 3.05) is 12.9 Å². The largest absolute Gasteiger partial charge is 0.468 e. The van der Waals surface area contributed by atoms with E-state index in [1.807, 2.05) is 20.8 Å². The zero-order chi connectivity index (χ0) is 15.4. The van der Waals surface area contributed by atoms with Gasteiger partial charge in [-0.05, 0) is 5.41 Å². The number of hydrogen-bond acceptors (Lipinski definition) is 5. The summed E-state index contributed by atoms with van der Waals surface area (Å²) < 4.78 is 31.1. The number of nitrogens with one attached hydrogen (secondary N) is 2. The van der Waals surface area contributed by atoms with E-state index in [9.17, 15) is 13.2 Å². The van der Waals surface area contributed by atoms with Crippen LogP contribution in [0.3, 0.4) is 0 Å². The molecule has 2 N–H and O–H groups in total. The summed E-state index contributed by atoms with van der Waals surface area (Å²) in [6.07, 6.45) is 3.16. The number of rotatable bonds is 6. The van der Waals surface area contributed by atoms with E-state index in [1.165, 1.54) is 19.6 Å². The van der Waals surface area contributed by atoms with Gasteiger partial charge in [0.25, 0.3) is 0 Å². The minimum atomic E-state index is -3.58. The Morgan fingerprint density at radius 2 is 2.15 bits per heavy atom. The van der Waals surface area contributed by atoms with Crippen LogP contribution in [0.1, 0.15) is 26.5 Å². The van der Waals surface area contributed by atoms with Crippen molar-refractivity contribution in [1.29, 1.82) is 0 Å². The van der Waals surface area contributed by atoms with Crippen LogP contribution in [0.25, 0.3) is 0 Å². The molecule has 0 saturated carbocycles. The van der Waals surface area contributed by atoms with Crippen molar-refractivity contribution in [3.05, 3.63) is 18.2 Å². The number of aromatic nitrogens is 2. The third kappa shape index (κ3) is 5.70. The van der Waals surface area contributed by atoms with Gasteiger partial charge in [0.1, 0.15) is 6.04 Å². The molecule has 8 heteroatoms. The first-order chi connectivity index (χ1) is 9.13. The fourth-order valence-corrected chi connectivity index (χ4v) is 3.60. The molecule has 0 aliphatic rings. The molecule has 0 bridgehead atoms. The highest BCUT2D eigenvalue weighted by Crippen LogP contribution is 2.16. The van der Waals surface area contributed by atoms with E-state index in [4.69, 9.17) is 0 Å². The number of methoxy groups -OCH3 is 1. The summed E-state index contributed by atoms with van der Waals surface area (Å²) >= 11 is 0. The van der Waals surface area contributed by atoms with E-state index in [0.29, 0.717) is 5.69 Å². The Bertz CT molecular complexity index is 532. The highest BCUT2D eigenvalue weighted by Gasteiger charge is 2.29. The first-order valence-electron chi connectivity index (χ1n) is 6.18. The van der Waals surface area contributed by atoms with Crippen molar-refractivity contribution in [3.8, 4) is 0 Å². The highest BCUT2D eigenvalue weighted by molar-refractivity contribution is 7.89. The second kappa shape index (κ2) is 6.36. The Hall–Kier alpha value is -1.41. The zero-order valence-electron chi connectivity index (χ0n) is 12.1. The molecule has 0 aliphatic carbocycles.